The van der Waals surface area contributed by atoms with Crippen LogP contribution in [0.1, 0.15) is 59.5 Å². The average molecular weight is 408 g/mol. The summed E-state index contributed by atoms with van der Waals surface area (Å²) >= 11 is 0. The lowest BCUT2D eigenvalue weighted by atomic mass is 9.87. The number of nitrogens with one attached hydrogen (secondary N) is 1. The summed E-state index contributed by atoms with van der Waals surface area (Å²) in [6.07, 6.45) is 0. The fourth-order valence-electron chi connectivity index (χ4n) is 3.62. The zero-order valence-corrected chi connectivity index (χ0v) is 18.6. The highest BCUT2D eigenvalue weighted by Crippen LogP contribution is 2.22. The minimum Gasteiger partial charge on any atom is -0.348 e. The van der Waals surface area contributed by atoms with Crippen LogP contribution in [0, 0.1) is 0 Å². The molecule has 0 atom stereocenters. The summed E-state index contributed by atoms with van der Waals surface area (Å²) < 4.78 is 0. The van der Waals surface area contributed by atoms with E-state index in [9.17, 15) is 9.59 Å². The van der Waals surface area contributed by atoms with Gasteiger partial charge >= 0.3 is 0 Å². The molecule has 1 fully saturated rings. The van der Waals surface area contributed by atoms with Crippen LogP contribution in [-0.4, -0.2) is 54.3 Å². The van der Waals surface area contributed by atoms with E-state index in [1.807, 2.05) is 53.4 Å². The van der Waals surface area contributed by atoms with Crippen molar-refractivity contribution in [3.63, 3.8) is 0 Å². The van der Waals surface area contributed by atoms with Crippen LogP contribution in [-0.2, 0) is 12.0 Å². The molecule has 0 radical (unpaired) electrons. The number of benzene rings is 2. The first-order chi connectivity index (χ1) is 14.3. The molecule has 0 saturated carbocycles. The van der Waals surface area contributed by atoms with Crippen LogP contribution in [0.3, 0.4) is 0 Å². The van der Waals surface area contributed by atoms with E-state index in [0.717, 1.165) is 38.3 Å². The average Bonchev–Trinajstić information content (AvgIpc) is 2.77. The standard InChI is InChI=1S/C25H33N3O2/c1-5-27-14-16-28(17-15-27)24(30)21-8-6-19(7-9-21)18-26-23(29)20-10-12-22(13-11-20)25(2,3)4/h6-13H,5,14-18H2,1-4H3,(H,26,29). The number of rotatable bonds is 5. The largest absolute Gasteiger partial charge is 0.348 e. The number of amides is 2. The second-order valence-electron chi connectivity index (χ2n) is 8.93. The van der Waals surface area contributed by atoms with Crippen LogP contribution in [0.4, 0.5) is 0 Å². The smallest absolute Gasteiger partial charge is 0.253 e. The highest BCUT2D eigenvalue weighted by atomic mass is 16.2. The van der Waals surface area contributed by atoms with Crippen molar-refractivity contribution in [1.82, 2.24) is 15.1 Å². The van der Waals surface area contributed by atoms with Gasteiger partial charge in [-0.3, -0.25) is 9.59 Å². The molecule has 0 aromatic heterocycles. The molecule has 1 heterocycles. The zero-order chi connectivity index (χ0) is 21.7. The van der Waals surface area contributed by atoms with Crippen LogP contribution >= 0.6 is 0 Å². The van der Waals surface area contributed by atoms with Gasteiger partial charge in [0, 0.05) is 43.9 Å². The summed E-state index contributed by atoms with van der Waals surface area (Å²) in [6, 6.07) is 15.3. The zero-order valence-electron chi connectivity index (χ0n) is 18.6. The first-order valence-electron chi connectivity index (χ1n) is 10.8. The van der Waals surface area contributed by atoms with E-state index in [4.69, 9.17) is 0 Å². The molecule has 0 aliphatic carbocycles. The molecule has 1 N–H and O–H groups in total. The number of hydrogen-bond acceptors (Lipinski definition) is 3. The lowest BCUT2D eigenvalue weighted by Crippen LogP contribution is -2.48. The molecule has 5 heteroatoms. The second-order valence-corrected chi connectivity index (χ2v) is 8.93. The normalized spacial score (nSPS) is 15.1. The third-order valence-corrected chi connectivity index (χ3v) is 5.77. The molecule has 2 aromatic carbocycles. The van der Waals surface area contributed by atoms with Crippen LogP contribution < -0.4 is 5.32 Å². The Morgan fingerprint density at radius 2 is 1.43 bits per heavy atom. The predicted molar refractivity (Wildman–Crippen MR) is 121 cm³/mol. The van der Waals surface area contributed by atoms with Crippen molar-refractivity contribution in [3.05, 3.63) is 70.8 Å². The summed E-state index contributed by atoms with van der Waals surface area (Å²) in [4.78, 5) is 29.4. The number of likely N-dealkylation sites (N-methyl/N-ethyl adjacent to an activating group) is 1. The van der Waals surface area contributed by atoms with Gasteiger partial charge < -0.3 is 15.1 Å². The summed E-state index contributed by atoms with van der Waals surface area (Å²) in [5.74, 6) is -0.00955. The van der Waals surface area contributed by atoms with Gasteiger partial charge in [-0.1, -0.05) is 52.0 Å². The maximum absolute atomic E-state index is 12.7. The number of piperazine rings is 1. The summed E-state index contributed by atoms with van der Waals surface area (Å²) in [7, 11) is 0. The molecule has 1 saturated heterocycles. The van der Waals surface area contributed by atoms with Gasteiger partial charge in [-0.05, 0) is 47.4 Å². The Hall–Kier alpha value is -2.66. The van der Waals surface area contributed by atoms with E-state index in [1.54, 1.807) is 0 Å². The predicted octanol–water partition coefficient (Wildman–Crippen LogP) is 3.69. The van der Waals surface area contributed by atoms with Crippen LogP contribution in [0.15, 0.2) is 48.5 Å². The molecule has 1 aliphatic heterocycles. The molecule has 160 valence electrons. The minimum atomic E-state index is -0.0931. The van der Waals surface area contributed by atoms with E-state index < -0.39 is 0 Å². The van der Waals surface area contributed by atoms with Gasteiger partial charge in [0.25, 0.3) is 11.8 Å². The maximum Gasteiger partial charge on any atom is 0.253 e. The second kappa shape index (κ2) is 9.43. The van der Waals surface area contributed by atoms with Gasteiger partial charge in [0.05, 0.1) is 0 Å². The Labute approximate surface area is 180 Å². The molecule has 2 aromatic rings. The number of carbonyl (C=O) groups is 2. The Morgan fingerprint density at radius 3 is 1.97 bits per heavy atom. The molecular weight excluding hydrogens is 374 g/mol. The van der Waals surface area contributed by atoms with Crippen molar-refractivity contribution < 1.29 is 9.59 Å². The molecule has 3 rings (SSSR count). The van der Waals surface area contributed by atoms with Crippen LogP contribution in [0.5, 0.6) is 0 Å². The molecule has 2 amide bonds. The van der Waals surface area contributed by atoms with Crippen LogP contribution in [0.2, 0.25) is 0 Å². The fraction of sp³-hybridized carbons (Fsp3) is 0.440. The number of hydrogen-bond donors (Lipinski definition) is 1. The highest BCUT2D eigenvalue weighted by molar-refractivity contribution is 5.95. The van der Waals surface area contributed by atoms with Crippen molar-refractivity contribution in [2.45, 2.75) is 39.7 Å². The summed E-state index contributed by atoms with van der Waals surface area (Å²) in [5.41, 5.74) is 3.60. The van der Waals surface area contributed by atoms with Gasteiger partial charge in [0.1, 0.15) is 0 Å². The number of nitrogens with zero attached hydrogens (tertiary/aromatic N) is 2. The monoisotopic (exact) mass is 407 g/mol. The van der Waals surface area contributed by atoms with Crippen molar-refractivity contribution in [2.75, 3.05) is 32.7 Å². The van der Waals surface area contributed by atoms with E-state index in [2.05, 4.69) is 37.9 Å². The van der Waals surface area contributed by atoms with E-state index in [0.29, 0.717) is 17.7 Å². The quantitative estimate of drug-likeness (QED) is 0.822. The summed E-state index contributed by atoms with van der Waals surface area (Å²) in [5, 5.41) is 2.96. The van der Waals surface area contributed by atoms with Crippen LogP contribution in [0.25, 0.3) is 0 Å². The SMILES string of the molecule is CCN1CCN(C(=O)c2ccc(CNC(=O)c3ccc(C(C)(C)C)cc3)cc2)CC1. The van der Waals surface area contributed by atoms with Crippen molar-refractivity contribution >= 4 is 11.8 Å². The molecule has 5 nitrogen and oxygen atoms in total. The van der Waals surface area contributed by atoms with E-state index in [-0.39, 0.29) is 17.2 Å². The Morgan fingerprint density at radius 1 is 0.867 bits per heavy atom. The van der Waals surface area contributed by atoms with Crippen molar-refractivity contribution in [1.29, 1.82) is 0 Å². The molecule has 0 bridgehead atoms. The Bertz CT molecular complexity index is 859. The van der Waals surface area contributed by atoms with Gasteiger partial charge in [0.2, 0.25) is 0 Å². The maximum atomic E-state index is 12.7. The highest BCUT2D eigenvalue weighted by Gasteiger charge is 2.21. The Kier molecular flexibility index (Phi) is 6.93. The fourth-order valence-corrected chi connectivity index (χ4v) is 3.62. The third-order valence-electron chi connectivity index (χ3n) is 5.77. The van der Waals surface area contributed by atoms with E-state index in [1.165, 1.54) is 5.56 Å². The molecule has 30 heavy (non-hydrogen) atoms. The first kappa shape index (κ1) is 22.0. The lowest BCUT2D eigenvalue weighted by Gasteiger charge is -2.34. The van der Waals surface area contributed by atoms with Gasteiger partial charge in [-0.2, -0.15) is 0 Å². The van der Waals surface area contributed by atoms with Gasteiger partial charge in [-0.25, -0.2) is 0 Å². The molecule has 0 spiro atoms. The van der Waals surface area contributed by atoms with Crippen molar-refractivity contribution in [3.8, 4) is 0 Å². The van der Waals surface area contributed by atoms with Gasteiger partial charge in [0.15, 0.2) is 0 Å². The van der Waals surface area contributed by atoms with Gasteiger partial charge in [-0.15, -0.1) is 0 Å². The number of carbonyl (C=O) groups excluding carboxylic acids is 2. The molecular formula is C25H33N3O2. The summed E-state index contributed by atoms with van der Waals surface area (Å²) in [6.45, 7) is 13.5. The van der Waals surface area contributed by atoms with Crippen molar-refractivity contribution in [2.24, 2.45) is 0 Å². The third kappa shape index (κ3) is 5.48. The minimum absolute atomic E-state index is 0.0672. The van der Waals surface area contributed by atoms with E-state index >= 15 is 0 Å². The molecule has 0 unspecified atom stereocenters. The lowest BCUT2D eigenvalue weighted by molar-refractivity contribution is 0.0643. The molecule has 1 aliphatic rings. The topological polar surface area (TPSA) is 52.6 Å². The Balaban J connectivity index is 1.53. The first-order valence-corrected chi connectivity index (χ1v) is 10.8.